The minimum atomic E-state index is -1.05. The highest BCUT2D eigenvalue weighted by Crippen LogP contribution is 2.39. The molecule has 0 bridgehead atoms. The van der Waals surface area contributed by atoms with Crippen LogP contribution in [0.15, 0.2) is 36.5 Å². The van der Waals surface area contributed by atoms with Gasteiger partial charge in [0.05, 0.1) is 16.8 Å². The maximum Gasteiger partial charge on any atom is 0.404 e. The number of nitrogens with zero attached hydrogens (tertiary/aromatic N) is 1. The Morgan fingerprint density at radius 1 is 0.914 bits per heavy atom. The van der Waals surface area contributed by atoms with Gasteiger partial charge in [0.1, 0.15) is 0 Å². The summed E-state index contributed by atoms with van der Waals surface area (Å²) in [5, 5.41) is 25.1. The van der Waals surface area contributed by atoms with Gasteiger partial charge in [-0.15, -0.1) is 0 Å². The molecule has 0 spiro atoms. The number of ketones is 1. The number of pyridine rings is 1. The van der Waals surface area contributed by atoms with Crippen LogP contribution in [-0.4, -0.2) is 39.2 Å². The average molecular weight is 481 g/mol. The molecule has 35 heavy (non-hydrogen) atoms. The molecule has 2 aliphatic rings. The van der Waals surface area contributed by atoms with Crippen LogP contribution in [0.2, 0.25) is 0 Å². The summed E-state index contributed by atoms with van der Waals surface area (Å²) in [5.41, 5.74) is 2.54. The molecule has 7 nitrogen and oxygen atoms in total. The van der Waals surface area contributed by atoms with Gasteiger partial charge in [-0.3, -0.25) is 9.78 Å². The number of hydrogen-bond donors (Lipinski definition) is 4. The van der Waals surface area contributed by atoms with Crippen molar-refractivity contribution in [2.24, 2.45) is 5.92 Å². The van der Waals surface area contributed by atoms with Crippen molar-refractivity contribution in [1.29, 1.82) is 0 Å². The zero-order valence-corrected chi connectivity index (χ0v) is 18.9. The van der Waals surface area contributed by atoms with Gasteiger partial charge in [-0.25, -0.2) is 13.6 Å². The van der Waals surface area contributed by atoms with Crippen LogP contribution in [0.5, 0.6) is 5.75 Å². The zero-order valence-electron chi connectivity index (χ0n) is 18.9. The fraction of sp³-hybridized carbons (Fsp3) is 0.346. The predicted molar refractivity (Wildman–Crippen MR) is 127 cm³/mol. The molecule has 0 atom stereocenters. The van der Waals surface area contributed by atoms with Gasteiger partial charge in [0.2, 0.25) is 0 Å². The van der Waals surface area contributed by atoms with Gasteiger partial charge < -0.3 is 20.8 Å². The van der Waals surface area contributed by atoms with Crippen LogP contribution < -0.4 is 10.6 Å². The molecule has 0 unspecified atom stereocenters. The maximum atomic E-state index is 14.0. The van der Waals surface area contributed by atoms with Crippen molar-refractivity contribution in [3.63, 3.8) is 0 Å². The minimum Gasteiger partial charge on any atom is -0.503 e. The lowest BCUT2D eigenvalue weighted by molar-refractivity contribution is 0.0968. The van der Waals surface area contributed by atoms with Crippen LogP contribution in [0.3, 0.4) is 0 Å². The van der Waals surface area contributed by atoms with Crippen LogP contribution in [-0.2, 0) is 0 Å². The number of fused-ring (bicyclic) bond motifs is 1. The number of carbonyl (C=O) groups is 2. The Bertz CT molecular complexity index is 1290. The SMILES string of the molecule is O=C(O)N[C@H]1CC[C@H](Nc2c(C(=O)C3CC3)cnc3ccc(-c4cc(F)c(O)c(F)c4)cc23)CC1. The Labute approximate surface area is 200 Å². The molecule has 1 amide bonds. The van der Waals surface area contributed by atoms with E-state index in [2.05, 4.69) is 15.6 Å². The number of Topliss-reactive ketones (excluding diaryl/α,β-unsaturated/α-hetero) is 1. The van der Waals surface area contributed by atoms with Crippen molar-refractivity contribution in [3.8, 4) is 16.9 Å². The van der Waals surface area contributed by atoms with E-state index >= 15 is 0 Å². The fourth-order valence-electron chi connectivity index (χ4n) is 4.77. The molecule has 0 saturated heterocycles. The molecule has 2 fully saturated rings. The van der Waals surface area contributed by atoms with Gasteiger partial charge in [-0.1, -0.05) is 6.07 Å². The summed E-state index contributed by atoms with van der Waals surface area (Å²) in [6.45, 7) is 0. The largest absolute Gasteiger partial charge is 0.503 e. The fourth-order valence-corrected chi connectivity index (χ4v) is 4.77. The lowest BCUT2D eigenvalue weighted by atomic mass is 9.90. The second kappa shape index (κ2) is 9.13. The third-order valence-electron chi connectivity index (χ3n) is 6.84. The van der Waals surface area contributed by atoms with Crippen molar-refractivity contribution in [1.82, 2.24) is 10.3 Å². The number of halogens is 2. The maximum absolute atomic E-state index is 14.0. The number of aromatic nitrogens is 1. The van der Waals surface area contributed by atoms with Gasteiger partial charge in [0, 0.05) is 29.6 Å². The molecule has 0 radical (unpaired) electrons. The van der Waals surface area contributed by atoms with Crippen molar-refractivity contribution >= 4 is 28.5 Å². The van der Waals surface area contributed by atoms with E-state index in [0.29, 0.717) is 40.6 Å². The summed E-state index contributed by atoms with van der Waals surface area (Å²) in [4.78, 5) is 28.5. The van der Waals surface area contributed by atoms with E-state index in [9.17, 15) is 23.5 Å². The number of benzene rings is 2. The van der Waals surface area contributed by atoms with E-state index in [1.165, 1.54) is 0 Å². The third kappa shape index (κ3) is 4.76. The summed E-state index contributed by atoms with van der Waals surface area (Å²) in [6.07, 6.45) is 5.03. The molecule has 3 aromatic rings. The number of nitrogens with one attached hydrogen (secondary N) is 2. The third-order valence-corrected chi connectivity index (χ3v) is 6.84. The standard InChI is InChI=1S/C26H25F2N3O4/c27-20-10-15(11-21(28)25(20)33)14-3-8-22-18(9-14)23(19(12-29-22)24(32)13-1-2-13)30-16-4-6-17(7-5-16)31-26(34)35/h3,8-13,16-17,31,33H,1-2,4-7H2,(H,29,30)(H,34,35)/t16-,17-. The van der Waals surface area contributed by atoms with E-state index in [0.717, 1.165) is 37.8 Å². The second-order valence-electron chi connectivity index (χ2n) is 9.35. The summed E-state index contributed by atoms with van der Waals surface area (Å²) < 4.78 is 28.0. The Morgan fingerprint density at radius 2 is 1.57 bits per heavy atom. The highest BCUT2D eigenvalue weighted by Gasteiger charge is 2.33. The van der Waals surface area contributed by atoms with Crippen molar-refractivity contribution in [3.05, 3.63) is 53.7 Å². The minimum absolute atomic E-state index is 0.0197. The monoisotopic (exact) mass is 481 g/mol. The van der Waals surface area contributed by atoms with Gasteiger partial charge in [-0.2, -0.15) is 0 Å². The molecule has 2 aromatic carbocycles. The lowest BCUT2D eigenvalue weighted by Crippen LogP contribution is -2.39. The average Bonchev–Trinajstić information content (AvgIpc) is 3.68. The van der Waals surface area contributed by atoms with E-state index in [1.54, 1.807) is 24.4 Å². The number of phenols is 1. The van der Waals surface area contributed by atoms with Crippen molar-refractivity contribution in [2.45, 2.75) is 50.6 Å². The van der Waals surface area contributed by atoms with Crippen LogP contribution in [0.1, 0.15) is 48.9 Å². The highest BCUT2D eigenvalue weighted by molar-refractivity contribution is 6.10. The van der Waals surface area contributed by atoms with Crippen LogP contribution in [0.25, 0.3) is 22.0 Å². The van der Waals surface area contributed by atoms with Crippen LogP contribution in [0, 0.1) is 17.6 Å². The summed E-state index contributed by atoms with van der Waals surface area (Å²) in [6, 6.07) is 7.24. The quantitative estimate of drug-likeness (QED) is 0.348. The number of rotatable bonds is 6. The zero-order chi connectivity index (χ0) is 24.7. The van der Waals surface area contributed by atoms with Crippen LogP contribution in [0.4, 0.5) is 19.3 Å². The Kier molecular flexibility index (Phi) is 6.00. The molecule has 4 N–H and O–H groups in total. The number of amides is 1. The number of aromatic hydroxyl groups is 1. The summed E-state index contributed by atoms with van der Waals surface area (Å²) in [5.74, 6) is -3.13. The Hall–Kier alpha value is -3.75. The molecular formula is C26H25F2N3O4. The van der Waals surface area contributed by atoms with Gasteiger partial charge in [0.15, 0.2) is 23.2 Å². The van der Waals surface area contributed by atoms with Gasteiger partial charge in [0.25, 0.3) is 0 Å². The van der Waals surface area contributed by atoms with Crippen molar-refractivity contribution in [2.75, 3.05) is 5.32 Å². The molecule has 9 heteroatoms. The van der Waals surface area contributed by atoms with E-state index in [1.807, 2.05) is 0 Å². The predicted octanol–water partition coefficient (Wildman–Crippen LogP) is 5.47. The first-order valence-corrected chi connectivity index (χ1v) is 11.7. The molecule has 182 valence electrons. The number of anilines is 1. The molecule has 1 aromatic heterocycles. The van der Waals surface area contributed by atoms with E-state index in [-0.39, 0.29) is 29.3 Å². The number of carboxylic acid groups (broad SMARTS) is 1. The van der Waals surface area contributed by atoms with Gasteiger partial charge >= 0.3 is 6.09 Å². The highest BCUT2D eigenvalue weighted by atomic mass is 19.1. The molecule has 5 rings (SSSR count). The summed E-state index contributed by atoms with van der Waals surface area (Å²) in [7, 11) is 0. The van der Waals surface area contributed by atoms with Crippen LogP contribution >= 0.6 is 0 Å². The first-order valence-electron chi connectivity index (χ1n) is 11.7. The van der Waals surface area contributed by atoms with Gasteiger partial charge in [-0.05, 0) is 73.9 Å². The molecule has 2 saturated carbocycles. The molecular weight excluding hydrogens is 456 g/mol. The first kappa shape index (κ1) is 23.0. The van der Waals surface area contributed by atoms with E-state index < -0.39 is 23.5 Å². The molecule has 2 aliphatic carbocycles. The first-order chi connectivity index (χ1) is 16.8. The smallest absolute Gasteiger partial charge is 0.404 e. The number of hydrogen-bond acceptors (Lipinski definition) is 5. The number of carbonyl (C=O) groups excluding carboxylic acids is 1. The summed E-state index contributed by atoms with van der Waals surface area (Å²) >= 11 is 0. The topological polar surface area (TPSA) is 112 Å². The lowest BCUT2D eigenvalue weighted by Gasteiger charge is -2.30. The van der Waals surface area contributed by atoms with Crippen molar-refractivity contribution < 1.29 is 28.6 Å². The Balaban J connectivity index is 1.53. The Morgan fingerprint density at radius 3 is 2.20 bits per heavy atom. The molecule has 1 heterocycles. The normalized spacial score (nSPS) is 19.9. The second-order valence-corrected chi connectivity index (χ2v) is 9.35. The number of phenolic OH excluding ortho intramolecular Hbond substituents is 1. The molecule has 0 aliphatic heterocycles. The van der Waals surface area contributed by atoms with E-state index in [4.69, 9.17) is 5.11 Å².